The average molecular weight is 472 g/mol. The number of amides is 1. The summed E-state index contributed by atoms with van der Waals surface area (Å²) in [6.07, 6.45) is 3.18. The van der Waals surface area contributed by atoms with Crippen LogP contribution in [0.4, 0.5) is 5.69 Å². The van der Waals surface area contributed by atoms with Crippen molar-refractivity contribution in [3.63, 3.8) is 0 Å². The molecule has 2 heterocycles. The summed E-state index contributed by atoms with van der Waals surface area (Å²) < 4.78 is 9.53. The number of rotatable bonds is 8. The normalized spacial score (nSPS) is 10.7. The SMILES string of the molecule is COC(=O)c1ccc(C(=O)OC)c(NC(=O)CCCc2c(-c3ccccn3)[nH]c3ccccc23)c1. The van der Waals surface area contributed by atoms with Crippen LogP contribution in [-0.2, 0) is 20.7 Å². The third-order valence-corrected chi connectivity index (χ3v) is 5.69. The number of H-pyrrole nitrogens is 1. The molecule has 0 unspecified atom stereocenters. The number of hydrogen-bond donors (Lipinski definition) is 2. The molecule has 8 nitrogen and oxygen atoms in total. The van der Waals surface area contributed by atoms with E-state index in [2.05, 4.69) is 21.4 Å². The highest BCUT2D eigenvalue weighted by Crippen LogP contribution is 2.30. The van der Waals surface area contributed by atoms with E-state index in [-0.39, 0.29) is 29.1 Å². The molecule has 2 N–H and O–H groups in total. The average Bonchev–Trinajstić information content (AvgIpc) is 3.26. The maximum Gasteiger partial charge on any atom is 0.339 e. The fraction of sp³-hybridized carbons (Fsp3) is 0.185. The Morgan fingerprint density at radius 2 is 1.71 bits per heavy atom. The van der Waals surface area contributed by atoms with Gasteiger partial charge in [-0.1, -0.05) is 24.3 Å². The molecule has 4 aromatic rings. The van der Waals surface area contributed by atoms with E-state index < -0.39 is 11.9 Å². The summed E-state index contributed by atoms with van der Waals surface area (Å²) >= 11 is 0. The van der Waals surface area contributed by atoms with Crippen molar-refractivity contribution >= 4 is 34.4 Å². The Morgan fingerprint density at radius 1 is 0.943 bits per heavy atom. The Morgan fingerprint density at radius 3 is 2.46 bits per heavy atom. The summed E-state index contributed by atoms with van der Waals surface area (Å²) in [7, 11) is 2.52. The number of aromatic nitrogens is 2. The highest BCUT2D eigenvalue weighted by Gasteiger charge is 2.18. The van der Waals surface area contributed by atoms with Crippen LogP contribution in [0.3, 0.4) is 0 Å². The van der Waals surface area contributed by atoms with Gasteiger partial charge in [0.05, 0.1) is 42.4 Å². The minimum Gasteiger partial charge on any atom is -0.465 e. The van der Waals surface area contributed by atoms with Gasteiger partial charge < -0.3 is 19.8 Å². The number of benzene rings is 2. The smallest absolute Gasteiger partial charge is 0.339 e. The van der Waals surface area contributed by atoms with Crippen LogP contribution in [0.1, 0.15) is 39.1 Å². The van der Waals surface area contributed by atoms with E-state index in [0.29, 0.717) is 12.8 Å². The van der Waals surface area contributed by atoms with Crippen LogP contribution in [0.15, 0.2) is 66.9 Å². The molecule has 0 spiro atoms. The number of nitrogens with zero attached hydrogens (tertiary/aromatic N) is 1. The Hall–Kier alpha value is -4.46. The number of aryl methyl sites for hydroxylation is 1. The lowest BCUT2D eigenvalue weighted by Crippen LogP contribution is -2.16. The predicted molar refractivity (Wildman–Crippen MR) is 132 cm³/mol. The van der Waals surface area contributed by atoms with Gasteiger partial charge in [0.25, 0.3) is 0 Å². The Labute approximate surface area is 202 Å². The van der Waals surface area contributed by atoms with Gasteiger partial charge in [-0.3, -0.25) is 9.78 Å². The number of esters is 2. The molecule has 8 heteroatoms. The Bertz CT molecular complexity index is 1380. The van der Waals surface area contributed by atoms with Crippen molar-refractivity contribution in [1.82, 2.24) is 9.97 Å². The van der Waals surface area contributed by atoms with Gasteiger partial charge in [0.15, 0.2) is 0 Å². The first-order valence-electron chi connectivity index (χ1n) is 11.1. The van der Waals surface area contributed by atoms with Crippen molar-refractivity contribution in [2.24, 2.45) is 0 Å². The summed E-state index contributed by atoms with van der Waals surface area (Å²) in [5, 5.41) is 3.83. The number of methoxy groups -OCH3 is 2. The second-order valence-electron chi connectivity index (χ2n) is 7.88. The van der Waals surface area contributed by atoms with E-state index in [0.717, 1.165) is 27.9 Å². The highest BCUT2D eigenvalue weighted by atomic mass is 16.5. The molecular formula is C27H25N3O5. The zero-order valence-corrected chi connectivity index (χ0v) is 19.5. The number of carbonyl (C=O) groups excluding carboxylic acids is 3. The van der Waals surface area contributed by atoms with Gasteiger partial charge >= 0.3 is 11.9 Å². The lowest BCUT2D eigenvalue weighted by molar-refractivity contribution is -0.116. The summed E-state index contributed by atoms with van der Waals surface area (Å²) in [5.74, 6) is -1.47. The lowest BCUT2D eigenvalue weighted by atomic mass is 10.0. The van der Waals surface area contributed by atoms with Gasteiger partial charge in [-0.2, -0.15) is 0 Å². The van der Waals surface area contributed by atoms with E-state index >= 15 is 0 Å². The van der Waals surface area contributed by atoms with Crippen molar-refractivity contribution in [2.45, 2.75) is 19.3 Å². The van der Waals surface area contributed by atoms with E-state index in [1.54, 1.807) is 6.20 Å². The largest absolute Gasteiger partial charge is 0.465 e. The Balaban J connectivity index is 1.51. The molecule has 2 aromatic heterocycles. The van der Waals surface area contributed by atoms with Gasteiger partial charge in [-0.15, -0.1) is 0 Å². The van der Waals surface area contributed by atoms with E-state index in [4.69, 9.17) is 9.47 Å². The zero-order chi connectivity index (χ0) is 24.8. The molecule has 0 aliphatic carbocycles. The number of para-hydroxylation sites is 1. The van der Waals surface area contributed by atoms with Crippen molar-refractivity contribution in [3.8, 4) is 11.4 Å². The molecule has 0 saturated heterocycles. The molecule has 0 radical (unpaired) electrons. The van der Waals surface area contributed by atoms with E-state index in [1.807, 2.05) is 36.4 Å². The topological polar surface area (TPSA) is 110 Å². The Kier molecular flexibility index (Phi) is 7.21. The van der Waals surface area contributed by atoms with Crippen LogP contribution in [-0.4, -0.2) is 42.0 Å². The number of anilines is 1. The molecule has 1 amide bonds. The van der Waals surface area contributed by atoms with Gasteiger partial charge in [-0.05, 0) is 54.8 Å². The van der Waals surface area contributed by atoms with Gasteiger partial charge in [0, 0.05) is 23.5 Å². The number of pyridine rings is 1. The first-order chi connectivity index (χ1) is 17.0. The van der Waals surface area contributed by atoms with Gasteiger partial charge in [0.2, 0.25) is 5.91 Å². The third kappa shape index (κ3) is 5.22. The van der Waals surface area contributed by atoms with E-state index in [9.17, 15) is 14.4 Å². The molecule has 0 aliphatic heterocycles. The molecule has 0 atom stereocenters. The summed E-state index contributed by atoms with van der Waals surface area (Å²) in [4.78, 5) is 44.7. The molecule has 178 valence electrons. The third-order valence-electron chi connectivity index (χ3n) is 5.69. The molecule has 0 saturated carbocycles. The second kappa shape index (κ2) is 10.6. The molecule has 0 fully saturated rings. The van der Waals surface area contributed by atoms with Crippen LogP contribution in [0.2, 0.25) is 0 Å². The maximum absolute atomic E-state index is 12.8. The highest BCUT2D eigenvalue weighted by molar-refractivity contribution is 6.03. The number of nitrogens with one attached hydrogen (secondary N) is 2. The fourth-order valence-electron chi connectivity index (χ4n) is 4.01. The molecule has 4 rings (SSSR count). The standard InChI is InChI=1S/C27H25N3O5/c1-34-26(32)17-13-14-20(27(33)35-2)23(16-17)29-24(31)12-7-9-19-18-8-3-4-10-21(18)30-25(19)22-11-5-6-15-28-22/h3-6,8,10-11,13-16,30H,7,9,12H2,1-2H3,(H,29,31). The van der Waals surface area contributed by atoms with E-state index in [1.165, 1.54) is 32.4 Å². The minimum absolute atomic E-state index is 0.155. The molecule has 0 aliphatic rings. The van der Waals surface area contributed by atoms with Crippen molar-refractivity contribution in [1.29, 1.82) is 0 Å². The van der Waals surface area contributed by atoms with Crippen LogP contribution in [0, 0.1) is 0 Å². The summed E-state index contributed by atoms with van der Waals surface area (Å²) in [6.45, 7) is 0. The van der Waals surface area contributed by atoms with Crippen LogP contribution in [0.25, 0.3) is 22.3 Å². The van der Waals surface area contributed by atoms with Crippen molar-refractivity contribution < 1.29 is 23.9 Å². The number of ether oxygens (including phenoxy) is 2. The van der Waals surface area contributed by atoms with Gasteiger partial charge in [0.1, 0.15) is 0 Å². The zero-order valence-electron chi connectivity index (χ0n) is 19.5. The fourth-order valence-corrected chi connectivity index (χ4v) is 4.01. The quantitative estimate of drug-likeness (QED) is 0.358. The first kappa shape index (κ1) is 23.7. The van der Waals surface area contributed by atoms with Gasteiger partial charge in [-0.25, -0.2) is 9.59 Å². The number of carbonyl (C=O) groups is 3. The minimum atomic E-state index is -0.615. The molecule has 0 bridgehead atoms. The summed E-state index contributed by atoms with van der Waals surface area (Å²) in [5.41, 5.74) is 4.45. The molecular weight excluding hydrogens is 446 g/mol. The number of aromatic amines is 1. The monoisotopic (exact) mass is 471 g/mol. The lowest BCUT2D eigenvalue weighted by Gasteiger charge is -2.11. The number of fused-ring (bicyclic) bond motifs is 1. The maximum atomic E-state index is 12.8. The molecule has 35 heavy (non-hydrogen) atoms. The molecule has 2 aromatic carbocycles. The second-order valence-corrected chi connectivity index (χ2v) is 7.88. The summed E-state index contributed by atoms with van der Waals surface area (Å²) in [6, 6.07) is 18.1. The first-order valence-corrected chi connectivity index (χ1v) is 11.1. The predicted octanol–water partition coefficient (Wildman–Crippen LogP) is 4.76. The van der Waals surface area contributed by atoms with Crippen LogP contribution in [0.5, 0.6) is 0 Å². The van der Waals surface area contributed by atoms with Crippen LogP contribution < -0.4 is 5.32 Å². The van der Waals surface area contributed by atoms with Crippen molar-refractivity contribution in [2.75, 3.05) is 19.5 Å². The number of hydrogen-bond acceptors (Lipinski definition) is 6. The van der Waals surface area contributed by atoms with Crippen molar-refractivity contribution in [3.05, 3.63) is 83.6 Å². The van der Waals surface area contributed by atoms with Crippen LogP contribution >= 0.6 is 0 Å².